The van der Waals surface area contributed by atoms with Crippen molar-refractivity contribution in [2.75, 3.05) is 13.7 Å². The molecule has 0 radical (unpaired) electrons. The highest BCUT2D eigenvalue weighted by Crippen LogP contribution is 2.26. The number of ether oxygens (including phenoxy) is 1. The van der Waals surface area contributed by atoms with Gasteiger partial charge in [0.15, 0.2) is 0 Å². The highest BCUT2D eigenvalue weighted by Gasteiger charge is 2.31. The van der Waals surface area contributed by atoms with Crippen LogP contribution in [0.15, 0.2) is 17.5 Å². The van der Waals surface area contributed by atoms with Gasteiger partial charge >= 0.3 is 0 Å². The van der Waals surface area contributed by atoms with E-state index in [1.165, 1.54) is 4.88 Å². The normalized spacial score (nSPS) is 24.6. The number of carbonyl (C=O) groups excluding carboxylic acids is 1. The fourth-order valence-electron chi connectivity index (χ4n) is 2.37. The minimum absolute atomic E-state index is 0.0756. The summed E-state index contributed by atoms with van der Waals surface area (Å²) in [6.45, 7) is 5.01. The maximum absolute atomic E-state index is 12.3. The first-order valence-electron chi connectivity index (χ1n) is 6.71. The minimum Gasteiger partial charge on any atom is -0.380 e. The fourth-order valence-corrected chi connectivity index (χ4v) is 3.32. The molecule has 0 aromatic carbocycles. The lowest BCUT2D eigenvalue weighted by molar-refractivity contribution is -0.124. The zero-order valence-electron chi connectivity index (χ0n) is 11.7. The van der Waals surface area contributed by atoms with Crippen molar-refractivity contribution in [3.63, 3.8) is 0 Å². The van der Waals surface area contributed by atoms with E-state index < -0.39 is 0 Å². The molecule has 1 aromatic rings. The predicted molar refractivity (Wildman–Crippen MR) is 77.2 cm³/mol. The summed E-state index contributed by atoms with van der Waals surface area (Å²) in [6, 6.07) is 4.06. The van der Waals surface area contributed by atoms with Crippen molar-refractivity contribution < 1.29 is 9.53 Å². The number of methoxy groups -OCH3 is 1. The number of hydrogen-bond acceptors (Lipinski definition) is 4. The molecule has 3 unspecified atom stereocenters. The Morgan fingerprint density at radius 3 is 2.89 bits per heavy atom. The summed E-state index contributed by atoms with van der Waals surface area (Å²) >= 11 is 1.69. The Labute approximate surface area is 118 Å². The van der Waals surface area contributed by atoms with Crippen molar-refractivity contribution in [2.45, 2.75) is 38.5 Å². The van der Waals surface area contributed by atoms with Crippen molar-refractivity contribution >= 4 is 17.2 Å². The molecule has 3 atom stereocenters. The molecule has 2 N–H and O–H groups in total. The molecule has 0 bridgehead atoms. The fraction of sp³-hybridized carbons (Fsp3) is 0.643. The molecular formula is C14H22N2O2S. The third kappa shape index (κ3) is 3.55. The average molecular weight is 282 g/mol. The van der Waals surface area contributed by atoms with Gasteiger partial charge in [0.2, 0.25) is 5.91 Å². The number of rotatable bonds is 5. The third-order valence-electron chi connectivity index (χ3n) is 3.55. The van der Waals surface area contributed by atoms with Crippen LogP contribution in [0.3, 0.4) is 0 Å². The first kappa shape index (κ1) is 14.5. The molecule has 1 aromatic heterocycles. The van der Waals surface area contributed by atoms with Crippen molar-refractivity contribution in [1.29, 1.82) is 0 Å². The Morgan fingerprint density at radius 1 is 1.58 bits per heavy atom. The second-order valence-electron chi connectivity index (χ2n) is 5.30. The second-order valence-corrected chi connectivity index (χ2v) is 6.28. The monoisotopic (exact) mass is 282 g/mol. The largest absolute Gasteiger partial charge is 0.380 e. The molecule has 106 valence electrons. The number of carbonyl (C=O) groups is 1. The maximum atomic E-state index is 12.3. The van der Waals surface area contributed by atoms with Crippen LogP contribution in [0.25, 0.3) is 0 Å². The van der Waals surface area contributed by atoms with E-state index in [-0.39, 0.29) is 24.1 Å². The van der Waals surface area contributed by atoms with E-state index in [0.717, 1.165) is 13.0 Å². The number of nitrogens with one attached hydrogen (secondary N) is 2. The van der Waals surface area contributed by atoms with Gasteiger partial charge in [-0.05, 0) is 23.8 Å². The molecule has 5 heteroatoms. The van der Waals surface area contributed by atoms with Crippen LogP contribution in [-0.4, -0.2) is 31.7 Å². The zero-order chi connectivity index (χ0) is 13.8. The van der Waals surface area contributed by atoms with Crippen LogP contribution in [-0.2, 0) is 9.53 Å². The molecular weight excluding hydrogens is 260 g/mol. The summed E-state index contributed by atoms with van der Waals surface area (Å²) < 4.78 is 5.28. The van der Waals surface area contributed by atoms with Crippen molar-refractivity contribution in [3.8, 4) is 0 Å². The van der Waals surface area contributed by atoms with Crippen LogP contribution in [0.1, 0.15) is 31.2 Å². The molecule has 1 saturated heterocycles. The first-order valence-corrected chi connectivity index (χ1v) is 7.59. The van der Waals surface area contributed by atoms with Gasteiger partial charge < -0.3 is 15.4 Å². The van der Waals surface area contributed by atoms with Crippen LogP contribution >= 0.6 is 11.3 Å². The van der Waals surface area contributed by atoms with Crippen molar-refractivity contribution in [1.82, 2.24) is 10.6 Å². The third-order valence-corrected chi connectivity index (χ3v) is 4.51. The number of hydrogen-bond donors (Lipinski definition) is 2. The number of amides is 1. The van der Waals surface area contributed by atoms with Gasteiger partial charge in [-0.15, -0.1) is 11.3 Å². The molecule has 0 spiro atoms. The molecule has 1 aliphatic rings. The highest BCUT2D eigenvalue weighted by molar-refractivity contribution is 7.10. The molecule has 2 rings (SSSR count). The lowest BCUT2D eigenvalue weighted by Crippen LogP contribution is -2.43. The van der Waals surface area contributed by atoms with Crippen LogP contribution < -0.4 is 10.6 Å². The van der Waals surface area contributed by atoms with Gasteiger partial charge in [0.05, 0.1) is 18.2 Å². The van der Waals surface area contributed by atoms with E-state index in [1.807, 2.05) is 11.4 Å². The van der Waals surface area contributed by atoms with E-state index in [4.69, 9.17) is 4.74 Å². The molecule has 1 amide bonds. The summed E-state index contributed by atoms with van der Waals surface area (Å²) in [5.41, 5.74) is 0. The smallest absolute Gasteiger partial charge is 0.237 e. The molecule has 1 aliphatic heterocycles. The van der Waals surface area contributed by atoms with Gasteiger partial charge in [0.1, 0.15) is 0 Å². The van der Waals surface area contributed by atoms with E-state index >= 15 is 0 Å². The lowest BCUT2D eigenvalue weighted by atomic mass is 10.0. The summed E-state index contributed by atoms with van der Waals surface area (Å²) in [4.78, 5) is 13.5. The Morgan fingerprint density at radius 2 is 2.37 bits per heavy atom. The van der Waals surface area contributed by atoms with Crippen LogP contribution in [0.4, 0.5) is 0 Å². The summed E-state index contributed by atoms with van der Waals surface area (Å²) in [7, 11) is 1.69. The van der Waals surface area contributed by atoms with E-state index in [1.54, 1.807) is 18.4 Å². The Bertz CT molecular complexity index is 406. The van der Waals surface area contributed by atoms with E-state index in [0.29, 0.717) is 5.92 Å². The Kier molecular flexibility index (Phi) is 4.96. The molecule has 1 fully saturated rings. The molecule has 0 aliphatic carbocycles. The molecule has 4 nitrogen and oxygen atoms in total. The summed E-state index contributed by atoms with van der Waals surface area (Å²) in [5, 5.41) is 8.42. The van der Waals surface area contributed by atoms with Gasteiger partial charge in [0.25, 0.3) is 0 Å². The van der Waals surface area contributed by atoms with Gasteiger partial charge in [-0.3, -0.25) is 4.79 Å². The molecule has 0 saturated carbocycles. The highest BCUT2D eigenvalue weighted by atomic mass is 32.1. The SMILES string of the molecule is COC1CNC(C(=O)NC(c2cccs2)C(C)C)C1. The summed E-state index contributed by atoms with van der Waals surface area (Å²) in [6.07, 6.45) is 0.896. The van der Waals surface area contributed by atoms with E-state index in [2.05, 4.69) is 30.5 Å². The molecule has 19 heavy (non-hydrogen) atoms. The Hall–Kier alpha value is -0.910. The topological polar surface area (TPSA) is 50.4 Å². The summed E-state index contributed by atoms with van der Waals surface area (Å²) in [5.74, 6) is 0.453. The lowest BCUT2D eigenvalue weighted by Gasteiger charge is -2.23. The second kappa shape index (κ2) is 6.50. The van der Waals surface area contributed by atoms with Crippen LogP contribution in [0.5, 0.6) is 0 Å². The average Bonchev–Trinajstić information content (AvgIpc) is 3.05. The predicted octanol–water partition coefficient (Wildman–Crippen LogP) is 1.94. The van der Waals surface area contributed by atoms with Crippen LogP contribution in [0.2, 0.25) is 0 Å². The first-order chi connectivity index (χ1) is 9.11. The number of thiophene rings is 1. The quantitative estimate of drug-likeness (QED) is 0.868. The standard InChI is InChI=1S/C14H22N2O2S/c1-9(2)13(12-5-4-6-19-12)16-14(17)11-7-10(18-3)8-15-11/h4-6,9-11,13,15H,7-8H2,1-3H3,(H,16,17). The van der Waals surface area contributed by atoms with Crippen molar-refractivity contribution in [3.05, 3.63) is 22.4 Å². The zero-order valence-corrected chi connectivity index (χ0v) is 12.5. The Balaban J connectivity index is 1.96. The van der Waals surface area contributed by atoms with Gasteiger partial charge in [-0.25, -0.2) is 0 Å². The van der Waals surface area contributed by atoms with Gasteiger partial charge in [-0.2, -0.15) is 0 Å². The van der Waals surface area contributed by atoms with E-state index in [9.17, 15) is 4.79 Å². The van der Waals surface area contributed by atoms with Crippen molar-refractivity contribution in [2.24, 2.45) is 5.92 Å². The van der Waals surface area contributed by atoms with Gasteiger partial charge in [-0.1, -0.05) is 19.9 Å². The van der Waals surface area contributed by atoms with Gasteiger partial charge in [0, 0.05) is 18.5 Å². The maximum Gasteiger partial charge on any atom is 0.237 e. The molecule has 2 heterocycles. The van der Waals surface area contributed by atoms with Crippen LogP contribution in [0, 0.1) is 5.92 Å². The minimum atomic E-state index is -0.133.